The van der Waals surface area contributed by atoms with E-state index in [0.717, 1.165) is 0 Å². The molecule has 0 aromatic rings. The molecule has 0 aliphatic carbocycles. The van der Waals surface area contributed by atoms with Crippen molar-refractivity contribution in [3.63, 3.8) is 0 Å². The number of ketones is 1. The molecule has 2 atom stereocenters. The molecule has 0 saturated heterocycles. The normalized spacial score (nSPS) is 15.2. The van der Waals surface area contributed by atoms with Crippen LogP contribution in [0.15, 0.2) is 0 Å². The van der Waals surface area contributed by atoms with Gasteiger partial charge in [-0.15, -0.1) is 0 Å². The maximum Gasteiger partial charge on any atom is 0.313 e. The van der Waals surface area contributed by atoms with Gasteiger partial charge in [-0.05, 0) is 19.9 Å². The second-order valence-corrected chi connectivity index (χ2v) is 2.56. The zero-order chi connectivity index (χ0) is 9.72. The lowest BCUT2D eigenvalue weighted by Gasteiger charge is -2.10. The Labute approximate surface area is 70.2 Å². The number of aliphatic hydroxyl groups is 1. The largest absolute Gasteiger partial charge is 0.481 e. The molecule has 0 rings (SSSR count). The van der Waals surface area contributed by atoms with E-state index in [0.29, 0.717) is 0 Å². The van der Waals surface area contributed by atoms with Gasteiger partial charge in [-0.3, -0.25) is 9.59 Å². The van der Waals surface area contributed by atoms with Crippen molar-refractivity contribution < 1.29 is 19.8 Å². The van der Waals surface area contributed by atoms with E-state index in [9.17, 15) is 9.59 Å². The van der Waals surface area contributed by atoms with Gasteiger partial charge < -0.3 is 15.9 Å². The molecule has 0 fully saturated rings. The van der Waals surface area contributed by atoms with Crippen molar-refractivity contribution in [1.29, 1.82) is 0 Å². The number of aliphatic hydroxyl groups excluding tert-OH is 1. The summed E-state index contributed by atoms with van der Waals surface area (Å²) in [5, 5.41) is 17.5. The van der Waals surface area contributed by atoms with Gasteiger partial charge >= 0.3 is 5.97 Å². The molecule has 2 unspecified atom stereocenters. The van der Waals surface area contributed by atoms with Crippen molar-refractivity contribution in [3.8, 4) is 0 Å². The van der Waals surface area contributed by atoms with Crippen molar-refractivity contribution in [2.75, 3.05) is 6.54 Å². The zero-order valence-corrected chi connectivity index (χ0v) is 6.86. The van der Waals surface area contributed by atoms with Crippen LogP contribution in [0.5, 0.6) is 0 Å². The van der Waals surface area contributed by atoms with E-state index in [-0.39, 0.29) is 13.0 Å². The number of aliphatic carboxylic acids is 1. The molecule has 0 aliphatic heterocycles. The highest BCUT2D eigenvalue weighted by Gasteiger charge is 2.26. The molecule has 0 aromatic heterocycles. The molecule has 0 aliphatic rings. The van der Waals surface area contributed by atoms with Crippen LogP contribution < -0.4 is 5.73 Å². The number of hydrogen-bond donors (Lipinski definition) is 3. The average molecular weight is 175 g/mol. The van der Waals surface area contributed by atoms with Gasteiger partial charge in [0.15, 0.2) is 5.78 Å². The number of carboxylic acids is 1. The van der Waals surface area contributed by atoms with Gasteiger partial charge in [-0.2, -0.15) is 0 Å². The van der Waals surface area contributed by atoms with Crippen LogP contribution in [0.25, 0.3) is 0 Å². The minimum absolute atomic E-state index is 0.108. The van der Waals surface area contributed by atoms with Crippen LogP contribution in [0.3, 0.4) is 0 Å². The molecule has 70 valence electrons. The number of nitrogens with two attached hydrogens (primary N) is 1. The molecule has 5 nitrogen and oxygen atoms in total. The predicted molar refractivity (Wildman–Crippen MR) is 41.5 cm³/mol. The minimum Gasteiger partial charge on any atom is -0.481 e. The smallest absolute Gasteiger partial charge is 0.313 e. The molecule has 0 saturated carbocycles. The van der Waals surface area contributed by atoms with E-state index in [1.165, 1.54) is 6.92 Å². The summed E-state index contributed by atoms with van der Waals surface area (Å²) in [6, 6.07) is 0. The van der Waals surface area contributed by atoms with Crippen molar-refractivity contribution in [2.24, 2.45) is 11.7 Å². The molecule has 0 amide bonds. The summed E-state index contributed by atoms with van der Waals surface area (Å²) in [6.07, 6.45) is -1.14. The van der Waals surface area contributed by atoms with Crippen LogP contribution in [0, 0.1) is 5.92 Å². The molecule has 5 heteroatoms. The topological polar surface area (TPSA) is 101 Å². The first-order valence-corrected chi connectivity index (χ1v) is 3.65. The van der Waals surface area contributed by atoms with E-state index < -0.39 is 23.8 Å². The first-order chi connectivity index (χ1) is 5.50. The molecule has 4 N–H and O–H groups in total. The highest BCUT2D eigenvalue weighted by atomic mass is 16.4. The lowest BCUT2D eigenvalue weighted by atomic mass is 10.0. The molecule has 0 aromatic carbocycles. The number of hydrogen-bond acceptors (Lipinski definition) is 4. The van der Waals surface area contributed by atoms with Gasteiger partial charge in [0.2, 0.25) is 0 Å². The summed E-state index contributed by atoms with van der Waals surface area (Å²) in [5.41, 5.74) is 5.08. The van der Waals surface area contributed by atoms with Crippen LogP contribution in [-0.4, -0.2) is 34.6 Å². The summed E-state index contributed by atoms with van der Waals surface area (Å²) in [7, 11) is 0. The molecule has 12 heavy (non-hydrogen) atoms. The Bertz CT molecular complexity index is 180. The number of carbonyl (C=O) groups excluding carboxylic acids is 1. The van der Waals surface area contributed by atoms with Crippen LogP contribution in [0.2, 0.25) is 0 Å². The Morgan fingerprint density at radius 3 is 2.33 bits per heavy atom. The van der Waals surface area contributed by atoms with Crippen LogP contribution >= 0.6 is 0 Å². The van der Waals surface area contributed by atoms with E-state index >= 15 is 0 Å². The summed E-state index contributed by atoms with van der Waals surface area (Å²) in [5.74, 6) is -3.07. The third kappa shape index (κ3) is 2.98. The van der Waals surface area contributed by atoms with Crippen molar-refractivity contribution in [1.82, 2.24) is 0 Å². The van der Waals surface area contributed by atoms with Crippen molar-refractivity contribution in [3.05, 3.63) is 0 Å². The van der Waals surface area contributed by atoms with E-state index in [1.807, 2.05) is 0 Å². The van der Waals surface area contributed by atoms with Gasteiger partial charge in [-0.1, -0.05) is 0 Å². The molecule has 0 radical (unpaired) electrons. The average Bonchev–Trinajstić information content (AvgIpc) is 2.02. The van der Waals surface area contributed by atoms with Gasteiger partial charge in [0.05, 0.1) is 0 Å². The molecular formula is C7H13NO4. The predicted octanol–water partition coefficient (Wildman–Crippen LogP) is -1.01. The Morgan fingerprint density at radius 2 is 2.00 bits per heavy atom. The highest BCUT2D eigenvalue weighted by Crippen LogP contribution is 2.03. The summed E-state index contributed by atoms with van der Waals surface area (Å²) in [6.45, 7) is 1.41. The van der Waals surface area contributed by atoms with E-state index in [1.54, 1.807) is 0 Å². The number of rotatable bonds is 5. The first kappa shape index (κ1) is 11.1. The maximum absolute atomic E-state index is 11.0. The van der Waals surface area contributed by atoms with Gasteiger partial charge in [0.1, 0.15) is 12.0 Å². The first-order valence-electron chi connectivity index (χ1n) is 3.65. The summed E-state index contributed by atoms with van der Waals surface area (Å²) < 4.78 is 0. The second kappa shape index (κ2) is 4.84. The molecule has 0 bridgehead atoms. The van der Waals surface area contributed by atoms with Gasteiger partial charge in [0, 0.05) is 0 Å². The number of carbonyl (C=O) groups is 2. The van der Waals surface area contributed by atoms with Crippen LogP contribution in [0.4, 0.5) is 0 Å². The quantitative estimate of drug-likeness (QED) is 0.464. The van der Waals surface area contributed by atoms with E-state index in [2.05, 4.69) is 0 Å². The monoisotopic (exact) mass is 175 g/mol. The number of carboxylic acid groups (broad SMARTS) is 1. The Balaban J connectivity index is 4.09. The molecular weight excluding hydrogens is 162 g/mol. The zero-order valence-electron chi connectivity index (χ0n) is 6.86. The van der Waals surface area contributed by atoms with Crippen molar-refractivity contribution in [2.45, 2.75) is 19.4 Å². The third-order valence-electron chi connectivity index (χ3n) is 1.57. The van der Waals surface area contributed by atoms with Crippen LogP contribution in [-0.2, 0) is 9.59 Å². The summed E-state index contributed by atoms with van der Waals surface area (Å²) >= 11 is 0. The second-order valence-electron chi connectivity index (χ2n) is 2.56. The Morgan fingerprint density at radius 1 is 1.50 bits per heavy atom. The lowest BCUT2D eigenvalue weighted by Crippen LogP contribution is -2.32. The molecule has 0 spiro atoms. The Kier molecular flexibility index (Phi) is 4.46. The van der Waals surface area contributed by atoms with Crippen molar-refractivity contribution >= 4 is 11.8 Å². The Hall–Kier alpha value is -0.940. The standard InChI is InChI=1S/C7H13NO4/c1-4(7(11)12)6(10)5(9)2-3-8/h4-5,9H,2-3,8H2,1H3,(H,11,12). The lowest BCUT2D eigenvalue weighted by molar-refractivity contribution is -0.148. The van der Waals surface area contributed by atoms with Gasteiger partial charge in [-0.25, -0.2) is 0 Å². The fourth-order valence-corrected chi connectivity index (χ4v) is 0.710. The maximum atomic E-state index is 11.0. The minimum atomic E-state index is -1.25. The van der Waals surface area contributed by atoms with Gasteiger partial charge in [0.25, 0.3) is 0 Å². The SMILES string of the molecule is CC(C(=O)O)C(=O)C(O)CCN. The van der Waals surface area contributed by atoms with E-state index in [4.69, 9.17) is 15.9 Å². The fraction of sp³-hybridized carbons (Fsp3) is 0.714. The third-order valence-corrected chi connectivity index (χ3v) is 1.57. The molecule has 0 heterocycles. The fourth-order valence-electron chi connectivity index (χ4n) is 0.710. The number of Topliss-reactive ketones (excluding diaryl/α,β-unsaturated/α-hetero) is 1. The summed E-state index contributed by atoms with van der Waals surface area (Å²) in [4.78, 5) is 21.3. The van der Waals surface area contributed by atoms with Crippen LogP contribution in [0.1, 0.15) is 13.3 Å². The highest BCUT2D eigenvalue weighted by molar-refractivity contribution is 5.99.